The molecule has 2 fully saturated rings. The standard InChI is InChI=1S/C20H26N2O4/c1-20(7-9-22(10-8-20)18(23)15-3-2-4-15)19(24)21-12-14-5-6-16-17(11-14)26-13-25-16/h5-6,11,15H,2-4,7-10,12-13H2,1H3,(H,21,24). The molecule has 1 aromatic rings. The van der Waals surface area contributed by atoms with Gasteiger partial charge in [-0.1, -0.05) is 19.4 Å². The van der Waals surface area contributed by atoms with Gasteiger partial charge in [0.1, 0.15) is 0 Å². The van der Waals surface area contributed by atoms with E-state index in [0.29, 0.717) is 25.5 Å². The summed E-state index contributed by atoms with van der Waals surface area (Å²) in [6.45, 7) is 4.09. The highest BCUT2D eigenvalue weighted by atomic mass is 16.7. The summed E-state index contributed by atoms with van der Waals surface area (Å²) in [6, 6.07) is 5.72. The van der Waals surface area contributed by atoms with Gasteiger partial charge in [-0.05, 0) is 43.4 Å². The predicted octanol–water partition coefficient (Wildman–Crippen LogP) is 2.46. The van der Waals surface area contributed by atoms with Gasteiger partial charge in [0.05, 0.1) is 0 Å². The Labute approximate surface area is 153 Å². The van der Waals surface area contributed by atoms with Crippen LogP contribution in [-0.4, -0.2) is 36.6 Å². The fraction of sp³-hybridized carbons (Fsp3) is 0.600. The molecule has 2 aliphatic heterocycles. The zero-order valence-electron chi connectivity index (χ0n) is 15.3. The average molecular weight is 358 g/mol. The minimum Gasteiger partial charge on any atom is -0.454 e. The van der Waals surface area contributed by atoms with Crippen molar-refractivity contribution in [3.63, 3.8) is 0 Å². The normalized spacial score (nSPS) is 21.2. The van der Waals surface area contributed by atoms with E-state index in [1.54, 1.807) is 0 Å². The van der Waals surface area contributed by atoms with E-state index in [4.69, 9.17) is 9.47 Å². The second kappa shape index (κ2) is 6.82. The first-order valence-electron chi connectivity index (χ1n) is 9.51. The van der Waals surface area contributed by atoms with E-state index in [1.807, 2.05) is 30.0 Å². The average Bonchev–Trinajstić information content (AvgIpc) is 3.06. The van der Waals surface area contributed by atoms with Crippen molar-refractivity contribution in [1.82, 2.24) is 10.2 Å². The Kier molecular flexibility index (Phi) is 4.51. The number of hydrogen-bond donors (Lipinski definition) is 1. The Balaban J connectivity index is 1.29. The second-order valence-electron chi connectivity index (χ2n) is 7.88. The monoisotopic (exact) mass is 358 g/mol. The van der Waals surface area contributed by atoms with E-state index in [2.05, 4.69) is 5.32 Å². The number of likely N-dealkylation sites (tertiary alicyclic amines) is 1. The summed E-state index contributed by atoms with van der Waals surface area (Å²) in [4.78, 5) is 27.1. The number of carbonyl (C=O) groups excluding carboxylic acids is 2. The van der Waals surface area contributed by atoms with E-state index >= 15 is 0 Å². The topological polar surface area (TPSA) is 67.9 Å². The number of fused-ring (bicyclic) bond motifs is 1. The first-order chi connectivity index (χ1) is 12.5. The molecule has 1 N–H and O–H groups in total. The van der Waals surface area contributed by atoms with Gasteiger partial charge >= 0.3 is 0 Å². The Bertz CT molecular complexity index is 706. The fourth-order valence-corrected chi connectivity index (χ4v) is 3.81. The molecule has 1 aromatic carbocycles. The number of piperidine rings is 1. The number of rotatable bonds is 4. The summed E-state index contributed by atoms with van der Waals surface area (Å²) < 4.78 is 10.7. The van der Waals surface area contributed by atoms with Crippen molar-refractivity contribution in [2.24, 2.45) is 11.3 Å². The number of nitrogens with one attached hydrogen (secondary N) is 1. The van der Waals surface area contributed by atoms with Crippen molar-refractivity contribution in [3.05, 3.63) is 23.8 Å². The second-order valence-corrected chi connectivity index (χ2v) is 7.88. The van der Waals surface area contributed by atoms with Crippen molar-refractivity contribution < 1.29 is 19.1 Å². The summed E-state index contributed by atoms with van der Waals surface area (Å²) in [5.41, 5.74) is 0.580. The molecule has 0 aromatic heterocycles. The van der Waals surface area contributed by atoms with E-state index in [1.165, 1.54) is 6.42 Å². The van der Waals surface area contributed by atoms with Gasteiger partial charge < -0.3 is 19.7 Å². The van der Waals surface area contributed by atoms with Crippen molar-refractivity contribution >= 4 is 11.8 Å². The predicted molar refractivity (Wildman–Crippen MR) is 95.7 cm³/mol. The van der Waals surface area contributed by atoms with Gasteiger partial charge in [-0.2, -0.15) is 0 Å². The third kappa shape index (κ3) is 3.24. The van der Waals surface area contributed by atoms with Crippen molar-refractivity contribution in [1.29, 1.82) is 0 Å². The van der Waals surface area contributed by atoms with Gasteiger partial charge in [-0.15, -0.1) is 0 Å². The molecule has 3 aliphatic rings. The molecule has 2 heterocycles. The lowest BCUT2D eigenvalue weighted by Crippen LogP contribution is -2.50. The van der Waals surface area contributed by atoms with Gasteiger partial charge in [-0.3, -0.25) is 9.59 Å². The van der Waals surface area contributed by atoms with Gasteiger partial charge in [-0.25, -0.2) is 0 Å². The van der Waals surface area contributed by atoms with E-state index in [0.717, 1.165) is 42.7 Å². The van der Waals surface area contributed by atoms with Crippen LogP contribution in [0.2, 0.25) is 0 Å². The van der Waals surface area contributed by atoms with Crippen LogP contribution in [0.4, 0.5) is 0 Å². The molecule has 0 atom stereocenters. The molecule has 6 nitrogen and oxygen atoms in total. The summed E-state index contributed by atoms with van der Waals surface area (Å²) in [6.07, 6.45) is 4.67. The molecule has 6 heteroatoms. The van der Waals surface area contributed by atoms with Crippen LogP contribution < -0.4 is 14.8 Å². The fourth-order valence-electron chi connectivity index (χ4n) is 3.81. The highest BCUT2D eigenvalue weighted by Crippen LogP contribution is 2.35. The van der Waals surface area contributed by atoms with Crippen molar-refractivity contribution in [2.75, 3.05) is 19.9 Å². The largest absolute Gasteiger partial charge is 0.454 e. The summed E-state index contributed by atoms with van der Waals surface area (Å²) in [5, 5.41) is 3.05. The summed E-state index contributed by atoms with van der Waals surface area (Å²) >= 11 is 0. The van der Waals surface area contributed by atoms with Crippen LogP contribution in [0, 0.1) is 11.3 Å². The smallest absolute Gasteiger partial charge is 0.231 e. The molecule has 140 valence electrons. The van der Waals surface area contributed by atoms with Crippen LogP contribution in [0.1, 0.15) is 44.6 Å². The molecule has 0 bridgehead atoms. The zero-order valence-corrected chi connectivity index (χ0v) is 15.3. The van der Waals surface area contributed by atoms with Gasteiger partial charge in [0, 0.05) is 31.0 Å². The maximum absolute atomic E-state index is 12.7. The molecule has 1 saturated heterocycles. The number of amides is 2. The van der Waals surface area contributed by atoms with Crippen LogP contribution in [0.25, 0.3) is 0 Å². The van der Waals surface area contributed by atoms with E-state index in [9.17, 15) is 9.59 Å². The third-order valence-electron chi connectivity index (χ3n) is 6.07. The lowest BCUT2D eigenvalue weighted by molar-refractivity contribution is -0.144. The zero-order chi connectivity index (χ0) is 18.1. The third-order valence-corrected chi connectivity index (χ3v) is 6.07. The Hall–Kier alpha value is -2.24. The first-order valence-corrected chi connectivity index (χ1v) is 9.51. The Morgan fingerprint density at radius 1 is 1.19 bits per heavy atom. The van der Waals surface area contributed by atoms with Crippen LogP contribution in [0.5, 0.6) is 11.5 Å². The van der Waals surface area contributed by atoms with Gasteiger partial charge in [0.15, 0.2) is 11.5 Å². The molecular weight excluding hydrogens is 332 g/mol. The maximum Gasteiger partial charge on any atom is 0.231 e. The van der Waals surface area contributed by atoms with Crippen LogP contribution in [-0.2, 0) is 16.1 Å². The van der Waals surface area contributed by atoms with E-state index in [-0.39, 0.29) is 18.6 Å². The maximum atomic E-state index is 12.7. The molecular formula is C20H26N2O4. The highest BCUT2D eigenvalue weighted by molar-refractivity contribution is 5.83. The molecule has 0 unspecified atom stereocenters. The lowest BCUT2D eigenvalue weighted by atomic mass is 9.78. The Morgan fingerprint density at radius 3 is 2.62 bits per heavy atom. The number of nitrogens with zero attached hydrogens (tertiary/aromatic N) is 1. The molecule has 4 rings (SSSR count). The first kappa shape index (κ1) is 17.2. The van der Waals surface area contributed by atoms with Crippen LogP contribution in [0.3, 0.4) is 0 Å². The van der Waals surface area contributed by atoms with Gasteiger partial charge in [0.25, 0.3) is 0 Å². The van der Waals surface area contributed by atoms with E-state index < -0.39 is 5.41 Å². The van der Waals surface area contributed by atoms with Gasteiger partial charge in [0.2, 0.25) is 18.6 Å². The molecule has 26 heavy (non-hydrogen) atoms. The lowest BCUT2D eigenvalue weighted by Gasteiger charge is -2.40. The minimum atomic E-state index is -0.410. The number of carbonyl (C=O) groups is 2. The molecule has 1 saturated carbocycles. The molecule has 2 amide bonds. The van der Waals surface area contributed by atoms with Crippen molar-refractivity contribution in [3.8, 4) is 11.5 Å². The SMILES string of the molecule is CC1(C(=O)NCc2ccc3c(c2)OCO3)CCN(C(=O)C2CCC2)CC1. The molecule has 0 radical (unpaired) electrons. The summed E-state index contributed by atoms with van der Waals surface area (Å²) in [5.74, 6) is 2.06. The Morgan fingerprint density at radius 2 is 1.92 bits per heavy atom. The summed E-state index contributed by atoms with van der Waals surface area (Å²) in [7, 11) is 0. The number of hydrogen-bond acceptors (Lipinski definition) is 4. The van der Waals surface area contributed by atoms with Crippen LogP contribution >= 0.6 is 0 Å². The van der Waals surface area contributed by atoms with Crippen LogP contribution in [0.15, 0.2) is 18.2 Å². The minimum absolute atomic E-state index is 0.0610. The number of ether oxygens (including phenoxy) is 2. The quantitative estimate of drug-likeness (QED) is 0.898. The molecule has 1 aliphatic carbocycles. The number of benzene rings is 1. The molecule has 0 spiro atoms. The highest BCUT2D eigenvalue weighted by Gasteiger charge is 2.39. The van der Waals surface area contributed by atoms with Crippen molar-refractivity contribution in [2.45, 2.75) is 45.6 Å².